The number of nitrogens with zero attached hydrogens (tertiary/aromatic N) is 1. The van der Waals surface area contributed by atoms with E-state index in [2.05, 4.69) is 5.32 Å². The fraction of sp³-hybridized carbons (Fsp3) is 0.467. The lowest BCUT2D eigenvalue weighted by atomic mass is 10.1. The Morgan fingerprint density at radius 2 is 2.24 bits per heavy atom. The van der Waals surface area contributed by atoms with Crippen LogP contribution in [-0.2, 0) is 20.7 Å². The maximum Gasteiger partial charge on any atom is 0.307 e. The van der Waals surface area contributed by atoms with Crippen molar-refractivity contribution < 1.29 is 19.4 Å². The summed E-state index contributed by atoms with van der Waals surface area (Å²) in [6, 6.07) is 5.03. The number of phenolic OH excluding ortho intramolecular Hbond substituents is 1. The van der Waals surface area contributed by atoms with Gasteiger partial charge in [0, 0.05) is 18.8 Å². The van der Waals surface area contributed by atoms with Crippen LogP contribution in [0.5, 0.6) is 5.75 Å². The highest BCUT2D eigenvalue weighted by molar-refractivity contribution is 5.96. The monoisotopic (exact) mass is 292 g/mol. The molecule has 0 radical (unpaired) electrons. The summed E-state index contributed by atoms with van der Waals surface area (Å²) in [6.07, 6.45) is 1.00. The van der Waals surface area contributed by atoms with Gasteiger partial charge in [-0.05, 0) is 37.1 Å². The molecular formula is C15H20N2O4. The Labute approximate surface area is 123 Å². The van der Waals surface area contributed by atoms with Crippen molar-refractivity contribution in [3.05, 3.63) is 23.8 Å². The lowest BCUT2D eigenvalue weighted by molar-refractivity contribution is -0.143. The molecule has 0 spiro atoms. The van der Waals surface area contributed by atoms with E-state index in [0.29, 0.717) is 19.7 Å². The molecule has 0 bridgehead atoms. The van der Waals surface area contributed by atoms with Crippen LogP contribution in [0.25, 0.3) is 0 Å². The summed E-state index contributed by atoms with van der Waals surface area (Å²) in [5, 5.41) is 12.4. The van der Waals surface area contributed by atoms with Crippen LogP contribution in [0.3, 0.4) is 0 Å². The van der Waals surface area contributed by atoms with Crippen molar-refractivity contribution in [3.63, 3.8) is 0 Å². The fourth-order valence-electron chi connectivity index (χ4n) is 2.36. The zero-order chi connectivity index (χ0) is 15.2. The van der Waals surface area contributed by atoms with Crippen LogP contribution < -0.4 is 10.2 Å². The number of nitrogens with one attached hydrogen (secondary N) is 1. The molecule has 1 amide bonds. The van der Waals surface area contributed by atoms with Gasteiger partial charge in [-0.2, -0.15) is 0 Å². The second-order valence-corrected chi connectivity index (χ2v) is 4.84. The normalized spacial score (nSPS) is 13.1. The third-order valence-electron chi connectivity index (χ3n) is 3.35. The second kappa shape index (κ2) is 7.08. The van der Waals surface area contributed by atoms with Gasteiger partial charge in [-0.1, -0.05) is 0 Å². The van der Waals surface area contributed by atoms with Gasteiger partial charge in [0.2, 0.25) is 5.91 Å². The first-order valence-corrected chi connectivity index (χ1v) is 7.10. The highest BCUT2D eigenvalue weighted by Gasteiger charge is 2.24. The molecule has 2 rings (SSSR count). The van der Waals surface area contributed by atoms with Crippen LogP contribution >= 0.6 is 0 Å². The summed E-state index contributed by atoms with van der Waals surface area (Å²) in [4.78, 5) is 25.0. The van der Waals surface area contributed by atoms with Crippen molar-refractivity contribution in [1.82, 2.24) is 5.32 Å². The predicted molar refractivity (Wildman–Crippen MR) is 78.3 cm³/mol. The maximum atomic E-state index is 12.1. The van der Waals surface area contributed by atoms with E-state index in [-0.39, 0.29) is 30.6 Å². The first-order chi connectivity index (χ1) is 10.1. The van der Waals surface area contributed by atoms with E-state index >= 15 is 0 Å². The number of ether oxygens (including phenoxy) is 1. The fourth-order valence-corrected chi connectivity index (χ4v) is 2.36. The van der Waals surface area contributed by atoms with Crippen molar-refractivity contribution >= 4 is 17.6 Å². The van der Waals surface area contributed by atoms with E-state index in [1.54, 1.807) is 30.0 Å². The molecule has 2 N–H and O–H groups in total. The number of aromatic hydroxyl groups is 1. The van der Waals surface area contributed by atoms with E-state index in [4.69, 9.17) is 4.74 Å². The van der Waals surface area contributed by atoms with Crippen LogP contribution in [0.15, 0.2) is 18.2 Å². The molecule has 1 aromatic rings. The average molecular weight is 292 g/mol. The van der Waals surface area contributed by atoms with Crippen molar-refractivity contribution in [1.29, 1.82) is 0 Å². The Hall–Kier alpha value is -2.08. The van der Waals surface area contributed by atoms with Crippen LogP contribution in [0.4, 0.5) is 5.69 Å². The van der Waals surface area contributed by atoms with Gasteiger partial charge >= 0.3 is 5.97 Å². The molecule has 0 saturated carbocycles. The van der Waals surface area contributed by atoms with Gasteiger partial charge in [0.1, 0.15) is 5.75 Å². The minimum Gasteiger partial charge on any atom is -0.508 e. The van der Waals surface area contributed by atoms with E-state index < -0.39 is 0 Å². The number of carbonyl (C=O) groups excluding carboxylic acids is 2. The Bertz CT molecular complexity index is 530. The summed E-state index contributed by atoms with van der Waals surface area (Å²) in [5.74, 6) is -0.0849. The minimum atomic E-state index is -0.264. The summed E-state index contributed by atoms with van der Waals surface area (Å²) in [7, 11) is 0. The number of anilines is 1. The number of fused-ring (bicyclic) bond motifs is 1. The van der Waals surface area contributed by atoms with Gasteiger partial charge in [-0.25, -0.2) is 0 Å². The van der Waals surface area contributed by atoms with Gasteiger partial charge in [-0.15, -0.1) is 0 Å². The molecule has 6 nitrogen and oxygen atoms in total. The maximum absolute atomic E-state index is 12.1. The van der Waals surface area contributed by atoms with Gasteiger partial charge in [0.15, 0.2) is 0 Å². The zero-order valence-electron chi connectivity index (χ0n) is 12.1. The minimum absolute atomic E-state index is 0.0386. The van der Waals surface area contributed by atoms with Crippen LogP contribution in [-0.4, -0.2) is 43.2 Å². The van der Waals surface area contributed by atoms with Crippen LogP contribution in [0.1, 0.15) is 18.9 Å². The number of phenols is 1. The van der Waals surface area contributed by atoms with Crippen molar-refractivity contribution in [2.45, 2.75) is 19.8 Å². The van der Waals surface area contributed by atoms with Crippen molar-refractivity contribution in [3.8, 4) is 5.75 Å². The van der Waals surface area contributed by atoms with Gasteiger partial charge in [0.05, 0.1) is 19.6 Å². The molecule has 0 saturated heterocycles. The van der Waals surface area contributed by atoms with Gasteiger partial charge in [-0.3, -0.25) is 9.59 Å². The predicted octanol–water partition coefficient (Wildman–Crippen LogP) is 0.824. The largest absolute Gasteiger partial charge is 0.508 e. The van der Waals surface area contributed by atoms with E-state index in [1.807, 2.05) is 0 Å². The third kappa shape index (κ3) is 3.95. The average Bonchev–Trinajstić information content (AvgIpc) is 2.86. The molecule has 0 atom stereocenters. The molecule has 6 heteroatoms. The Morgan fingerprint density at radius 3 is 3.00 bits per heavy atom. The molecule has 1 aliphatic rings. The molecular weight excluding hydrogens is 272 g/mol. The summed E-state index contributed by atoms with van der Waals surface area (Å²) < 4.78 is 4.81. The van der Waals surface area contributed by atoms with E-state index in [0.717, 1.165) is 17.7 Å². The van der Waals surface area contributed by atoms with Crippen LogP contribution in [0, 0.1) is 0 Å². The molecule has 0 aliphatic carbocycles. The summed E-state index contributed by atoms with van der Waals surface area (Å²) >= 11 is 0. The molecule has 114 valence electrons. The molecule has 1 aliphatic heterocycles. The number of amides is 1. The first-order valence-electron chi connectivity index (χ1n) is 7.10. The SMILES string of the molecule is CCOC(=O)CCNCC(=O)N1CCc2cc(O)ccc21. The number of carbonyl (C=O) groups is 2. The van der Waals surface area contributed by atoms with Gasteiger partial charge < -0.3 is 20.1 Å². The standard InChI is InChI=1S/C15H20N2O4/c1-2-21-15(20)5-7-16-10-14(19)17-8-6-11-9-12(18)3-4-13(11)17/h3-4,9,16,18H,2,5-8,10H2,1H3. The topological polar surface area (TPSA) is 78.9 Å². The first kappa shape index (κ1) is 15.3. The van der Waals surface area contributed by atoms with Crippen molar-refractivity contribution in [2.24, 2.45) is 0 Å². The molecule has 0 aromatic heterocycles. The van der Waals surface area contributed by atoms with Gasteiger partial charge in [0.25, 0.3) is 0 Å². The van der Waals surface area contributed by atoms with Crippen LogP contribution in [0.2, 0.25) is 0 Å². The molecule has 1 aromatic carbocycles. The summed E-state index contributed by atoms with van der Waals surface area (Å²) in [6.45, 7) is 3.35. The second-order valence-electron chi connectivity index (χ2n) is 4.84. The molecule has 21 heavy (non-hydrogen) atoms. The lowest BCUT2D eigenvalue weighted by Crippen LogP contribution is -2.37. The highest BCUT2D eigenvalue weighted by Crippen LogP contribution is 2.30. The lowest BCUT2D eigenvalue weighted by Gasteiger charge is -2.17. The molecule has 1 heterocycles. The zero-order valence-corrected chi connectivity index (χ0v) is 12.1. The van der Waals surface area contributed by atoms with Crippen molar-refractivity contribution in [2.75, 3.05) is 31.1 Å². The number of rotatable bonds is 6. The Morgan fingerprint density at radius 1 is 1.43 bits per heavy atom. The quantitative estimate of drug-likeness (QED) is 0.599. The molecule has 0 fully saturated rings. The Balaban J connectivity index is 1.79. The summed E-state index contributed by atoms with van der Waals surface area (Å²) in [5.41, 5.74) is 1.83. The molecule has 0 unspecified atom stereocenters. The number of hydrogen-bond donors (Lipinski definition) is 2. The number of esters is 1. The van der Waals surface area contributed by atoms with E-state index in [9.17, 15) is 14.7 Å². The smallest absolute Gasteiger partial charge is 0.307 e. The number of hydrogen-bond acceptors (Lipinski definition) is 5. The number of benzene rings is 1. The van der Waals surface area contributed by atoms with E-state index in [1.165, 1.54) is 0 Å². The Kier molecular flexibility index (Phi) is 5.16. The highest BCUT2D eigenvalue weighted by atomic mass is 16.5. The third-order valence-corrected chi connectivity index (χ3v) is 3.35.